The maximum atomic E-state index is 5.25. The molecule has 0 saturated carbocycles. The fourth-order valence-electron chi connectivity index (χ4n) is 0.987. The number of rotatable bonds is 1. The molecule has 2 unspecified atom stereocenters. The molecule has 1 saturated heterocycles. The van der Waals surface area contributed by atoms with Crippen LogP contribution in [0.4, 0.5) is 0 Å². The normalized spacial score (nSPS) is 30.0. The third kappa shape index (κ3) is 2.84. The highest BCUT2D eigenvalue weighted by atomic mass is 35.5. The molecular weight excluding hydrogens is 152 g/mol. The van der Waals surface area contributed by atoms with Crippen LogP contribution in [-0.4, -0.2) is 38.0 Å². The third-order valence-electron chi connectivity index (χ3n) is 1.44. The van der Waals surface area contributed by atoms with Gasteiger partial charge >= 0.3 is 0 Å². The number of hydrogen-bond acceptors (Lipinski definition) is 2. The molecule has 2 atom stereocenters. The van der Waals surface area contributed by atoms with Crippen LogP contribution in [0, 0.1) is 0 Å². The fourth-order valence-corrected chi connectivity index (χ4v) is 0.987. The van der Waals surface area contributed by atoms with Gasteiger partial charge < -0.3 is 15.4 Å². The van der Waals surface area contributed by atoms with Gasteiger partial charge in [-0.25, -0.2) is 0 Å². The zero-order valence-electron chi connectivity index (χ0n) is 7.13. The Balaban J connectivity index is 0. The van der Waals surface area contributed by atoms with Crippen molar-refractivity contribution >= 4 is 12.4 Å². The smallest absolute Gasteiger partial charge is 0.220 e. The monoisotopic (exact) mass is 169 g/mol. The first-order chi connectivity index (χ1) is 3.52. The van der Waals surface area contributed by atoms with Crippen molar-refractivity contribution in [3.63, 3.8) is 0 Å². The highest BCUT2D eigenvalue weighted by Gasteiger charge is 2.45. The first kappa shape index (κ1) is 12.8. The van der Waals surface area contributed by atoms with Gasteiger partial charge in [0.1, 0.15) is 6.10 Å². The minimum atomic E-state index is 0. The summed E-state index contributed by atoms with van der Waals surface area (Å²) in [6, 6.07) is 0. The van der Waals surface area contributed by atoms with Crippen molar-refractivity contribution in [3.8, 4) is 0 Å². The van der Waals surface area contributed by atoms with Gasteiger partial charge in [0.2, 0.25) is 6.23 Å². The zero-order valence-corrected chi connectivity index (χ0v) is 7.94. The minimum Gasteiger partial charge on any atom is -0.344 e. The molecule has 3 N–H and O–H groups in total. The quantitative estimate of drug-likeness (QED) is 0.471. The van der Waals surface area contributed by atoms with E-state index in [2.05, 4.69) is 28.1 Å². The maximum absolute atomic E-state index is 5.25. The van der Waals surface area contributed by atoms with Gasteiger partial charge in [-0.3, -0.25) is 0 Å². The van der Waals surface area contributed by atoms with Crippen molar-refractivity contribution in [1.29, 1.82) is 0 Å². The Bertz CT molecular complexity index is 102. The predicted octanol–water partition coefficient (Wildman–Crippen LogP) is 1.02. The van der Waals surface area contributed by atoms with Crippen LogP contribution in [0.1, 0.15) is 6.92 Å². The number of ether oxygens (including phenoxy) is 1. The van der Waals surface area contributed by atoms with Crippen LogP contribution in [0.3, 0.4) is 0 Å². The van der Waals surface area contributed by atoms with Crippen LogP contribution in [0.5, 0.6) is 0 Å². The molecule has 0 aliphatic carbocycles. The van der Waals surface area contributed by atoms with E-state index in [9.17, 15) is 0 Å². The average molecular weight is 170 g/mol. The zero-order chi connectivity index (χ0) is 6.36. The third-order valence-corrected chi connectivity index (χ3v) is 1.44. The summed E-state index contributed by atoms with van der Waals surface area (Å²) in [4.78, 5) is 0. The van der Waals surface area contributed by atoms with Crippen molar-refractivity contribution in [1.82, 2.24) is 6.15 Å². The van der Waals surface area contributed by atoms with E-state index in [4.69, 9.17) is 4.74 Å². The molecule has 0 aromatic heterocycles. The van der Waals surface area contributed by atoms with E-state index in [1.54, 1.807) is 0 Å². The summed E-state index contributed by atoms with van der Waals surface area (Å²) in [7, 11) is 6.44. The standard InChI is InChI=1S/C6H14NO.ClH.H3N/c1-5-6(8-5)7(2,3)4;;/h5-6H,1-4H3;1H;1H3/q+1;;. The van der Waals surface area contributed by atoms with Crippen molar-refractivity contribution in [2.45, 2.75) is 19.3 Å². The second-order valence-corrected chi connectivity index (χ2v) is 3.35. The summed E-state index contributed by atoms with van der Waals surface area (Å²) >= 11 is 0. The van der Waals surface area contributed by atoms with Gasteiger partial charge in [0, 0.05) is 0 Å². The van der Waals surface area contributed by atoms with E-state index in [-0.39, 0.29) is 18.6 Å². The number of halogens is 1. The van der Waals surface area contributed by atoms with Gasteiger partial charge in [-0.1, -0.05) is 0 Å². The van der Waals surface area contributed by atoms with E-state index < -0.39 is 0 Å². The van der Waals surface area contributed by atoms with Crippen LogP contribution < -0.4 is 6.15 Å². The van der Waals surface area contributed by atoms with Crippen LogP contribution >= 0.6 is 12.4 Å². The molecule has 0 spiro atoms. The van der Waals surface area contributed by atoms with E-state index in [1.807, 2.05) is 0 Å². The summed E-state index contributed by atoms with van der Waals surface area (Å²) < 4.78 is 6.19. The fraction of sp³-hybridized carbons (Fsp3) is 1.00. The van der Waals surface area contributed by atoms with Crippen LogP contribution in [-0.2, 0) is 4.74 Å². The minimum absolute atomic E-state index is 0. The van der Waals surface area contributed by atoms with Gasteiger partial charge in [0.15, 0.2) is 0 Å². The highest BCUT2D eigenvalue weighted by molar-refractivity contribution is 5.85. The number of quaternary nitrogens is 1. The Kier molecular flexibility index (Phi) is 4.52. The van der Waals surface area contributed by atoms with Crippen LogP contribution in [0.15, 0.2) is 0 Å². The lowest BCUT2D eigenvalue weighted by molar-refractivity contribution is -0.892. The lowest BCUT2D eigenvalue weighted by Gasteiger charge is -2.20. The first-order valence-electron chi connectivity index (χ1n) is 2.98. The molecule has 1 heterocycles. The summed E-state index contributed by atoms with van der Waals surface area (Å²) in [6.45, 7) is 2.11. The van der Waals surface area contributed by atoms with Crippen molar-refractivity contribution in [2.75, 3.05) is 21.1 Å². The molecule has 0 aromatic rings. The summed E-state index contributed by atoms with van der Waals surface area (Å²) in [5, 5.41) is 0. The Hall–Kier alpha value is 0.170. The van der Waals surface area contributed by atoms with Crippen molar-refractivity contribution in [2.24, 2.45) is 0 Å². The lowest BCUT2D eigenvalue weighted by atomic mass is 10.4. The predicted molar refractivity (Wildman–Crippen MR) is 44.6 cm³/mol. The molecule has 1 rings (SSSR count). The number of hydrogen-bond donors (Lipinski definition) is 1. The number of epoxide rings is 1. The van der Waals surface area contributed by atoms with Crippen molar-refractivity contribution < 1.29 is 9.22 Å². The highest BCUT2D eigenvalue weighted by Crippen LogP contribution is 2.26. The van der Waals surface area contributed by atoms with Crippen molar-refractivity contribution in [3.05, 3.63) is 0 Å². The van der Waals surface area contributed by atoms with Gasteiger partial charge in [0.25, 0.3) is 0 Å². The molecule has 4 heteroatoms. The van der Waals surface area contributed by atoms with Gasteiger partial charge in [-0.15, -0.1) is 12.4 Å². The molecule has 10 heavy (non-hydrogen) atoms. The molecule has 0 bridgehead atoms. The van der Waals surface area contributed by atoms with E-state index in [0.29, 0.717) is 12.3 Å². The second kappa shape index (κ2) is 3.53. The van der Waals surface area contributed by atoms with Crippen LogP contribution in [0.25, 0.3) is 0 Å². The Morgan fingerprint density at radius 3 is 1.50 bits per heavy atom. The van der Waals surface area contributed by atoms with E-state index >= 15 is 0 Å². The van der Waals surface area contributed by atoms with Gasteiger partial charge in [0.05, 0.1) is 21.1 Å². The molecule has 3 nitrogen and oxygen atoms in total. The molecular formula is C6H18ClN2O+. The molecule has 64 valence electrons. The summed E-state index contributed by atoms with van der Waals surface area (Å²) in [6.07, 6.45) is 0.935. The van der Waals surface area contributed by atoms with Gasteiger partial charge in [-0.2, -0.15) is 0 Å². The SMILES string of the molecule is CC1OC1[N+](C)(C)C.Cl.N. The average Bonchev–Trinajstić information content (AvgIpc) is 2.13. The molecule has 0 amide bonds. The summed E-state index contributed by atoms with van der Waals surface area (Å²) in [5.74, 6) is 0. The Morgan fingerprint density at radius 2 is 1.50 bits per heavy atom. The summed E-state index contributed by atoms with van der Waals surface area (Å²) in [5.41, 5.74) is 0. The van der Waals surface area contributed by atoms with E-state index in [0.717, 1.165) is 4.48 Å². The molecule has 0 aromatic carbocycles. The number of likely N-dealkylation sites (N-methyl/N-ethyl adjacent to an activating group) is 1. The first-order valence-corrected chi connectivity index (χ1v) is 2.98. The second-order valence-electron chi connectivity index (χ2n) is 3.35. The van der Waals surface area contributed by atoms with Crippen LogP contribution in [0.2, 0.25) is 0 Å². The number of nitrogens with zero attached hydrogens (tertiary/aromatic N) is 1. The van der Waals surface area contributed by atoms with Gasteiger partial charge in [-0.05, 0) is 6.92 Å². The maximum Gasteiger partial charge on any atom is 0.220 e. The van der Waals surface area contributed by atoms with E-state index in [1.165, 1.54) is 0 Å². The Morgan fingerprint density at radius 1 is 1.20 bits per heavy atom. The molecule has 1 aliphatic rings. The molecule has 1 fully saturated rings. The lowest BCUT2D eigenvalue weighted by Crippen LogP contribution is -2.38. The molecule has 1 aliphatic heterocycles. The largest absolute Gasteiger partial charge is 0.344 e. The Labute approximate surface area is 68.9 Å². The molecule has 0 radical (unpaired) electrons. The topological polar surface area (TPSA) is 47.5 Å².